The van der Waals surface area contributed by atoms with Crippen LogP contribution in [0.5, 0.6) is 0 Å². The van der Waals surface area contributed by atoms with Crippen molar-refractivity contribution < 1.29 is 0 Å². The molecule has 0 N–H and O–H groups in total. The van der Waals surface area contributed by atoms with Gasteiger partial charge in [0.05, 0.1) is 0 Å². The van der Waals surface area contributed by atoms with Crippen LogP contribution in [0, 0.1) is 0 Å². The molecule has 0 unspecified atom stereocenters. The molecule has 0 saturated heterocycles. The first-order chi connectivity index (χ1) is 10.8. The lowest BCUT2D eigenvalue weighted by atomic mass is 10.0. The topological polar surface area (TPSA) is 3.24 Å². The fraction of sp³-hybridized carbons (Fsp3) is 0.143. The quantitative estimate of drug-likeness (QED) is 0.398. The Morgan fingerprint density at radius 1 is 0.955 bits per heavy atom. The van der Waals surface area contributed by atoms with Crippen LogP contribution in [0.2, 0.25) is 0 Å². The molecule has 0 fully saturated rings. The summed E-state index contributed by atoms with van der Waals surface area (Å²) < 4.78 is 0. The highest BCUT2D eigenvalue weighted by atomic mass is 15.1. The van der Waals surface area contributed by atoms with Crippen LogP contribution in [0.25, 0.3) is 11.6 Å². The highest BCUT2D eigenvalue weighted by Crippen LogP contribution is 2.19. The Kier molecular flexibility index (Phi) is 6.40. The third kappa shape index (κ3) is 5.19. The molecule has 1 heteroatoms. The zero-order valence-electron chi connectivity index (χ0n) is 13.2. The Hall–Kier alpha value is -2.38. The molecule has 2 rings (SSSR count). The standard InChI is InChI=1S/C21H23N/c1-3-16-22(2)17-10-15-21(20-13-8-5-9-14-20)18-19-11-6-4-7-12-19/h3-15,18H,1,16-17H2,2H3. The summed E-state index contributed by atoms with van der Waals surface area (Å²) in [5, 5.41) is 0. The van der Waals surface area contributed by atoms with Gasteiger partial charge in [-0.3, -0.25) is 4.90 Å². The largest absolute Gasteiger partial charge is 0.299 e. The summed E-state index contributed by atoms with van der Waals surface area (Å²) in [5.74, 6) is 0. The Bertz CT molecular complexity index is 623. The molecule has 0 spiro atoms. The molecule has 0 aromatic heterocycles. The molecule has 112 valence electrons. The fourth-order valence-electron chi connectivity index (χ4n) is 2.24. The molecule has 1 nitrogen and oxygen atoms in total. The highest BCUT2D eigenvalue weighted by molar-refractivity contribution is 5.87. The lowest BCUT2D eigenvalue weighted by Gasteiger charge is -2.11. The van der Waals surface area contributed by atoms with Gasteiger partial charge in [0.15, 0.2) is 0 Å². The number of nitrogens with zero attached hydrogens (tertiary/aromatic N) is 1. The van der Waals surface area contributed by atoms with E-state index >= 15 is 0 Å². The van der Waals surface area contributed by atoms with Crippen LogP contribution in [0.3, 0.4) is 0 Å². The van der Waals surface area contributed by atoms with E-state index in [1.165, 1.54) is 16.7 Å². The second kappa shape index (κ2) is 8.81. The molecule has 0 saturated carbocycles. The molecule has 0 radical (unpaired) electrons. The van der Waals surface area contributed by atoms with Crippen LogP contribution >= 0.6 is 0 Å². The average Bonchev–Trinajstić information content (AvgIpc) is 2.56. The second-order valence-corrected chi connectivity index (χ2v) is 5.29. The van der Waals surface area contributed by atoms with Crippen LogP contribution in [-0.4, -0.2) is 25.0 Å². The van der Waals surface area contributed by atoms with Crippen LogP contribution in [0.15, 0.2) is 85.5 Å². The molecule has 0 atom stereocenters. The van der Waals surface area contributed by atoms with Crippen molar-refractivity contribution in [2.24, 2.45) is 0 Å². The predicted molar refractivity (Wildman–Crippen MR) is 97.6 cm³/mol. The van der Waals surface area contributed by atoms with Crippen molar-refractivity contribution in [3.8, 4) is 0 Å². The summed E-state index contributed by atoms with van der Waals surface area (Å²) >= 11 is 0. The zero-order valence-corrected chi connectivity index (χ0v) is 13.2. The maximum absolute atomic E-state index is 3.77. The molecule has 0 aliphatic rings. The number of hydrogen-bond donors (Lipinski definition) is 0. The maximum Gasteiger partial charge on any atom is 0.0166 e. The minimum absolute atomic E-state index is 0.896. The molecule has 2 aromatic carbocycles. The summed E-state index contributed by atoms with van der Waals surface area (Å²) in [6.45, 7) is 5.57. The summed E-state index contributed by atoms with van der Waals surface area (Å²) in [5.41, 5.74) is 3.67. The van der Waals surface area contributed by atoms with Crippen LogP contribution < -0.4 is 0 Å². The normalized spacial score (nSPS) is 12.0. The fourth-order valence-corrected chi connectivity index (χ4v) is 2.24. The summed E-state index contributed by atoms with van der Waals surface area (Å²) in [7, 11) is 2.09. The van der Waals surface area contributed by atoms with Gasteiger partial charge in [0.1, 0.15) is 0 Å². The van der Waals surface area contributed by atoms with Crippen molar-refractivity contribution in [1.82, 2.24) is 4.90 Å². The monoisotopic (exact) mass is 289 g/mol. The number of benzene rings is 2. The Morgan fingerprint density at radius 2 is 1.59 bits per heavy atom. The Balaban J connectivity index is 2.21. The van der Waals surface area contributed by atoms with Crippen LogP contribution in [0.4, 0.5) is 0 Å². The lowest BCUT2D eigenvalue weighted by Crippen LogP contribution is -2.17. The van der Waals surface area contributed by atoms with Gasteiger partial charge in [0.25, 0.3) is 0 Å². The van der Waals surface area contributed by atoms with Crippen molar-refractivity contribution in [2.75, 3.05) is 20.1 Å². The van der Waals surface area contributed by atoms with Crippen molar-refractivity contribution in [3.05, 3.63) is 96.6 Å². The molecule has 0 amide bonds. The smallest absolute Gasteiger partial charge is 0.0166 e. The molecular weight excluding hydrogens is 266 g/mol. The highest BCUT2D eigenvalue weighted by Gasteiger charge is 1.98. The second-order valence-electron chi connectivity index (χ2n) is 5.29. The molecule has 0 aliphatic heterocycles. The number of hydrogen-bond acceptors (Lipinski definition) is 1. The average molecular weight is 289 g/mol. The molecule has 0 heterocycles. The summed E-state index contributed by atoms with van der Waals surface area (Å²) in [6.07, 6.45) is 8.54. The first kappa shape index (κ1) is 16.0. The molecule has 0 aliphatic carbocycles. The van der Waals surface area contributed by atoms with E-state index in [1.807, 2.05) is 18.2 Å². The minimum Gasteiger partial charge on any atom is -0.299 e. The number of likely N-dealkylation sites (N-methyl/N-ethyl adjacent to an activating group) is 1. The van der Waals surface area contributed by atoms with Gasteiger partial charge < -0.3 is 0 Å². The Morgan fingerprint density at radius 3 is 2.23 bits per heavy atom. The maximum atomic E-state index is 3.77. The van der Waals surface area contributed by atoms with Crippen molar-refractivity contribution >= 4 is 11.6 Å². The number of allylic oxidation sites excluding steroid dienone is 2. The van der Waals surface area contributed by atoms with Crippen molar-refractivity contribution in [3.63, 3.8) is 0 Å². The van der Waals surface area contributed by atoms with Gasteiger partial charge in [-0.25, -0.2) is 0 Å². The predicted octanol–water partition coefficient (Wildman–Crippen LogP) is 4.90. The van der Waals surface area contributed by atoms with Gasteiger partial charge in [-0.05, 0) is 29.8 Å². The van der Waals surface area contributed by atoms with Crippen molar-refractivity contribution in [1.29, 1.82) is 0 Å². The van der Waals surface area contributed by atoms with Gasteiger partial charge in [0, 0.05) is 13.1 Å². The van der Waals surface area contributed by atoms with E-state index in [-0.39, 0.29) is 0 Å². The first-order valence-electron chi connectivity index (χ1n) is 7.58. The third-order valence-electron chi connectivity index (χ3n) is 3.38. The van der Waals surface area contributed by atoms with Crippen LogP contribution in [0.1, 0.15) is 11.1 Å². The molecule has 2 aromatic rings. The third-order valence-corrected chi connectivity index (χ3v) is 3.38. The summed E-state index contributed by atoms with van der Waals surface area (Å²) in [6, 6.07) is 20.9. The minimum atomic E-state index is 0.896. The zero-order chi connectivity index (χ0) is 15.6. The van der Waals surface area contributed by atoms with E-state index in [4.69, 9.17) is 0 Å². The molecule has 0 bridgehead atoms. The lowest BCUT2D eigenvalue weighted by molar-refractivity contribution is 0.413. The first-order valence-corrected chi connectivity index (χ1v) is 7.58. The van der Waals surface area contributed by atoms with Gasteiger partial charge in [-0.1, -0.05) is 78.9 Å². The van der Waals surface area contributed by atoms with Crippen LogP contribution in [-0.2, 0) is 0 Å². The van der Waals surface area contributed by atoms with Gasteiger partial charge in [0.2, 0.25) is 0 Å². The molecular formula is C21H23N. The van der Waals surface area contributed by atoms with Gasteiger partial charge >= 0.3 is 0 Å². The van der Waals surface area contributed by atoms with E-state index in [2.05, 4.69) is 85.3 Å². The Labute approximate surface area is 133 Å². The van der Waals surface area contributed by atoms with E-state index in [1.54, 1.807) is 0 Å². The van der Waals surface area contributed by atoms with E-state index in [0.29, 0.717) is 0 Å². The summed E-state index contributed by atoms with van der Waals surface area (Å²) in [4.78, 5) is 2.22. The van der Waals surface area contributed by atoms with Crippen molar-refractivity contribution in [2.45, 2.75) is 0 Å². The van der Waals surface area contributed by atoms with Gasteiger partial charge in [-0.15, -0.1) is 6.58 Å². The number of rotatable bonds is 7. The van der Waals surface area contributed by atoms with E-state index < -0.39 is 0 Å². The van der Waals surface area contributed by atoms with E-state index in [9.17, 15) is 0 Å². The SMILES string of the molecule is C=CCN(C)CC=CC(=Cc1ccccc1)c1ccccc1. The molecule has 22 heavy (non-hydrogen) atoms. The van der Waals surface area contributed by atoms with E-state index in [0.717, 1.165) is 13.1 Å². The van der Waals surface area contributed by atoms with Gasteiger partial charge in [-0.2, -0.15) is 0 Å².